The van der Waals surface area contributed by atoms with Gasteiger partial charge in [-0.2, -0.15) is 0 Å². The molecule has 8 heteroatoms. The molecule has 0 radical (unpaired) electrons. The molecule has 4 heterocycles. The number of carbonyl (C=O) groups is 2. The van der Waals surface area contributed by atoms with Crippen molar-refractivity contribution >= 4 is 17.5 Å². The van der Waals surface area contributed by atoms with Gasteiger partial charge >= 0.3 is 0 Å². The van der Waals surface area contributed by atoms with E-state index in [0.717, 1.165) is 30.6 Å². The molecule has 0 unspecified atom stereocenters. The fourth-order valence-electron chi connectivity index (χ4n) is 5.05. The van der Waals surface area contributed by atoms with Crippen LogP contribution in [0, 0.1) is 13.8 Å². The average Bonchev–Trinajstić information content (AvgIpc) is 3.32. The Morgan fingerprint density at radius 2 is 2.00 bits per heavy atom. The predicted octanol–water partition coefficient (Wildman–Crippen LogP) is 3.11. The molecule has 5 rings (SSSR count). The molecule has 0 aliphatic carbocycles. The number of hydrogen-bond acceptors (Lipinski definition) is 6. The van der Waals surface area contributed by atoms with E-state index in [4.69, 9.17) is 4.52 Å². The number of amides is 2. The van der Waals surface area contributed by atoms with Crippen LogP contribution in [-0.2, 0) is 6.54 Å². The summed E-state index contributed by atoms with van der Waals surface area (Å²) in [6.45, 7) is 5.41. The molecule has 33 heavy (non-hydrogen) atoms. The zero-order chi connectivity index (χ0) is 22.9. The maximum Gasteiger partial charge on any atom is 0.259 e. The summed E-state index contributed by atoms with van der Waals surface area (Å²) in [6.07, 6.45) is 5.23. The molecule has 2 atom stereocenters. The van der Waals surface area contributed by atoms with E-state index in [-0.39, 0.29) is 23.9 Å². The number of nitrogens with one attached hydrogen (secondary N) is 1. The number of pyridine rings is 1. The van der Waals surface area contributed by atoms with Crippen molar-refractivity contribution in [1.29, 1.82) is 0 Å². The van der Waals surface area contributed by atoms with E-state index in [1.54, 1.807) is 32.3 Å². The summed E-state index contributed by atoms with van der Waals surface area (Å²) in [5.41, 5.74) is 3.75. The lowest BCUT2D eigenvalue weighted by Crippen LogP contribution is -2.46. The fraction of sp³-hybridized carbons (Fsp3) is 0.360. The minimum Gasteiger partial charge on any atom is -0.361 e. The van der Waals surface area contributed by atoms with Crippen LogP contribution >= 0.6 is 0 Å². The van der Waals surface area contributed by atoms with Crippen molar-refractivity contribution in [2.45, 2.75) is 45.3 Å². The van der Waals surface area contributed by atoms with Crippen LogP contribution in [0.4, 0.5) is 5.69 Å². The van der Waals surface area contributed by atoms with Crippen LogP contribution in [0.3, 0.4) is 0 Å². The Balaban J connectivity index is 1.36. The highest BCUT2D eigenvalue weighted by Crippen LogP contribution is 2.35. The zero-order valence-corrected chi connectivity index (χ0v) is 18.8. The normalized spacial score (nSPS) is 20.1. The molecule has 1 saturated heterocycles. The maximum atomic E-state index is 13.4. The van der Waals surface area contributed by atoms with Gasteiger partial charge in [0.2, 0.25) is 0 Å². The van der Waals surface area contributed by atoms with Crippen molar-refractivity contribution < 1.29 is 14.1 Å². The van der Waals surface area contributed by atoms with Crippen molar-refractivity contribution in [3.63, 3.8) is 0 Å². The molecule has 1 aromatic carbocycles. The molecular formula is C25H27N5O3. The highest BCUT2D eigenvalue weighted by atomic mass is 16.5. The largest absolute Gasteiger partial charge is 0.361 e. The smallest absolute Gasteiger partial charge is 0.259 e. The Bertz CT molecular complexity index is 1160. The van der Waals surface area contributed by atoms with E-state index in [1.165, 1.54) is 0 Å². The van der Waals surface area contributed by atoms with Gasteiger partial charge in [0, 0.05) is 49.8 Å². The number of nitrogens with zero attached hydrogens (tertiary/aromatic N) is 4. The van der Waals surface area contributed by atoms with Crippen LogP contribution < -0.4 is 10.2 Å². The van der Waals surface area contributed by atoms with Gasteiger partial charge in [0.15, 0.2) is 0 Å². The first-order chi connectivity index (χ1) is 16.0. The van der Waals surface area contributed by atoms with Gasteiger partial charge in [0.25, 0.3) is 11.8 Å². The van der Waals surface area contributed by atoms with E-state index in [9.17, 15) is 9.59 Å². The minimum absolute atomic E-state index is 0.0347. The Hall–Kier alpha value is -3.52. The second-order valence-corrected chi connectivity index (χ2v) is 8.75. The SMILES string of the molecule is Cc1noc(C)c1C(=O)NC[C@@H]1CC[C@@H]2CN(C(=O)c3cccnc3)c3ccccc3CN21. The molecule has 0 saturated carbocycles. The number of carbonyl (C=O) groups excluding carboxylic acids is 2. The van der Waals surface area contributed by atoms with Crippen LogP contribution in [0.25, 0.3) is 0 Å². The van der Waals surface area contributed by atoms with E-state index < -0.39 is 0 Å². The van der Waals surface area contributed by atoms with Gasteiger partial charge in [-0.05, 0) is 50.5 Å². The van der Waals surface area contributed by atoms with Gasteiger partial charge in [-0.25, -0.2) is 0 Å². The summed E-state index contributed by atoms with van der Waals surface area (Å²) < 4.78 is 5.14. The summed E-state index contributed by atoms with van der Waals surface area (Å²) in [7, 11) is 0. The molecule has 170 valence electrons. The highest BCUT2D eigenvalue weighted by molar-refractivity contribution is 6.06. The Morgan fingerprint density at radius 3 is 2.76 bits per heavy atom. The van der Waals surface area contributed by atoms with Crippen LogP contribution in [-0.4, -0.2) is 52.0 Å². The average molecular weight is 446 g/mol. The zero-order valence-electron chi connectivity index (χ0n) is 18.8. The molecule has 2 aromatic heterocycles. The number of aryl methyl sites for hydroxylation is 2. The number of fused-ring (bicyclic) bond motifs is 2. The Morgan fingerprint density at radius 1 is 1.15 bits per heavy atom. The second kappa shape index (κ2) is 8.78. The van der Waals surface area contributed by atoms with Gasteiger partial charge in [0.05, 0.1) is 11.3 Å². The van der Waals surface area contributed by atoms with Gasteiger partial charge < -0.3 is 14.7 Å². The van der Waals surface area contributed by atoms with Gasteiger partial charge in [0.1, 0.15) is 11.3 Å². The van der Waals surface area contributed by atoms with E-state index in [2.05, 4.69) is 26.4 Å². The molecular weight excluding hydrogens is 418 g/mol. The number of hydrogen-bond donors (Lipinski definition) is 1. The first-order valence-electron chi connectivity index (χ1n) is 11.3. The Kier molecular flexibility index (Phi) is 5.68. The highest BCUT2D eigenvalue weighted by Gasteiger charge is 2.39. The number of rotatable bonds is 4. The topological polar surface area (TPSA) is 91.6 Å². The van der Waals surface area contributed by atoms with Crippen LogP contribution in [0.5, 0.6) is 0 Å². The lowest BCUT2D eigenvalue weighted by atomic mass is 10.1. The third kappa shape index (κ3) is 4.02. The Labute approximate surface area is 192 Å². The summed E-state index contributed by atoms with van der Waals surface area (Å²) in [4.78, 5) is 34.6. The molecule has 2 aliphatic heterocycles. The van der Waals surface area contributed by atoms with Gasteiger partial charge in [-0.1, -0.05) is 23.4 Å². The predicted molar refractivity (Wildman–Crippen MR) is 123 cm³/mol. The van der Waals surface area contributed by atoms with Crippen molar-refractivity contribution in [2.75, 3.05) is 18.0 Å². The lowest BCUT2D eigenvalue weighted by Gasteiger charge is -2.29. The van der Waals surface area contributed by atoms with E-state index in [1.807, 2.05) is 29.2 Å². The summed E-state index contributed by atoms with van der Waals surface area (Å²) >= 11 is 0. The third-order valence-electron chi connectivity index (χ3n) is 6.71. The van der Waals surface area contributed by atoms with Gasteiger partial charge in [-0.15, -0.1) is 0 Å². The van der Waals surface area contributed by atoms with E-state index in [0.29, 0.717) is 35.7 Å². The summed E-state index contributed by atoms with van der Waals surface area (Å²) in [5.74, 6) is 0.341. The standard InChI is InChI=1S/C25H27N5O3/c1-16-23(17(2)33-28-16)24(31)27-13-20-9-10-21-15-30(25(32)18-7-5-11-26-12-18)22-8-4-3-6-19(22)14-29(20)21/h3-8,11-12,20-21H,9-10,13-15H2,1-2H3,(H,27,31)/t20-,21+/m0/s1. The van der Waals surface area contributed by atoms with Crippen LogP contribution in [0.2, 0.25) is 0 Å². The monoisotopic (exact) mass is 445 g/mol. The first-order valence-corrected chi connectivity index (χ1v) is 11.3. The molecule has 1 N–H and O–H groups in total. The molecule has 0 bridgehead atoms. The lowest BCUT2D eigenvalue weighted by molar-refractivity contribution is 0.0932. The number of para-hydroxylation sites is 1. The van der Waals surface area contributed by atoms with Gasteiger partial charge in [-0.3, -0.25) is 19.5 Å². The first kappa shape index (κ1) is 21.3. The molecule has 3 aromatic rings. The second-order valence-electron chi connectivity index (χ2n) is 8.75. The van der Waals surface area contributed by atoms with Crippen molar-refractivity contribution in [3.8, 4) is 0 Å². The maximum absolute atomic E-state index is 13.4. The molecule has 2 aliphatic rings. The molecule has 2 amide bonds. The number of benzene rings is 1. The molecule has 1 fully saturated rings. The third-order valence-corrected chi connectivity index (χ3v) is 6.71. The van der Waals surface area contributed by atoms with Crippen molar-refractivity contribution in [2.24, 2.45) is 0 Å². The van der Waals surface area contributed by atoms with Crippen molar-refractivity contribution in [1.82, 2.24) is 20.4 Å². The minimum atomic E-state index is -0.154. The van der Waals surface area contributed by atoms with Crippen LogP contribution in [0.1, 0.15) is 50.6 Å². The summed E-state index contributed by atoms with van der Waals surface area (Å²) in [5, 5.41) is 6.96. The molecule has 8 nitrogen and oxygen atoms in total. The summed E-state index contributed by atoms with van der Waals surface area (Å²) in [6, 6.07) is 12.1. The fourth-order valence-corrected chi connectivity index (χ4v) is 5.05. The van der Waals surface area contributed by atoms with E-state index >= 15 is 0 Å². The molecule has 0 spiro atoms. The van der Waals surface area contributed by atoms with Crippen LogP contribution in [0.15, 0.2) is 53.3 Å². The quantitative estimate of drug-likeness (QED) is 0.664. The number of anilines is 1. The van der Waals surface area contributed by atoms with Crippen molar-refractivity contribution in [3.05, 3.63) is 76.9 Å². The number of aromatic nitrogens is 2.